The lowest BCUT2D eigenvalue weighted by molar-refractivity contribution is -0.138. The maximum Gasteiger partial charge on any atom is 0.303 e. The Bertz CT molecular complexity index is 315. The third-order valence-corrected chi connectivity index (χ3v) is 4.30. The van der Waals surface area contributed by atoms with Gasteiger partial charge in [-0.25, -0.2) is 0 Å². The van der Waals surface area contributed by atoms with Gasteiger partial charge in [-0.1, -0.05) is 0 Å². The van der Waals surface area contributed by atoms with Crippen LogP contribution in [-0.2, 0) is 14.4 Å². The Hall–Kier alpha value is -1.59. The van der Waals surface area contributed by atoms with Crippen LogP contribution in [0.2, 0.25) is 0 Å². The molecule has 6 nitrogen and oxygen atoms in total. The molecule has 1 rings (SSSR count). The molecule has 1 aliphatic carbocycles. The molecule has 6 heteroatoms. The van der Waals surface area contributed by atoms with E-state index in [2.05, 4.69) is 0 Å². The fourth-order valence-electron chi connectivity index (χ4n) is 3.39. The molecule has 21 heavy (non-hydrogen) atoms. The number of hydrogen-bond donors (Lipinski definition) is 3. The lowest BCUT2D eigenvalue weighted by atomic mass is 9.71. The van der Waals surface area contributed by atoms with Crippen LogP contribution >= 0.6 is 0 Å². The number of rotatable bonds is 9. The molecule has 0 unspecified atom stereocenters. The predicted molar refractivity (Wildman–Crippen MR) is 74.9 cm³/mol. The summed E-state index contributed by atoms with van der Waals surface area (Å²) in [6.07, 6.45) is 4.78. The monoisotopic (exact) mass is 300 g/mol. The molecule has 0 aromatic carbocycles. The van der Waals surface area contributed by atoms with Crippen LogP contribution in [-0.4, -0.2) is 33.2 Å². The molecule has 0 atom stereocenters. The largest absolute Gasteiger partial charge is 0.481 e. The molecule has 0 aromatic heterocycles. The zero-order valence-electron chi connectivity index (χ0n) is 12.2. The van der Waals surface area contributed by atoms with Crippen molar-refractivity contribution in [2.75, 3.05) is 0 Å². The third-order valence-electron chi connectivity index (χ3n) is 4.30. The van der Waals surface area contributed by atoms with Gasteiger partial charge in [0.15, 0.2) is 0 Å². The number of carboxylic acid groups (broad SMARTS) is 3. The first kappa shape index (κ1) is 17.5. The summed E-state index contributed by atoms with van der Waals surface area (Å²) in [5.74, 6) is -1.63. The highest BCUT2D eigenvalue weighted by Crippen LogP contribution is 2.39. The van der Waals surface area contributed by atoms with Gasteiger partial charge < -0.3 is 15.3 Å². The van der Waals surface area contributed by atoms with E-state index < -0.39 is 17.9 Å². The van der Waals surface area contributed by atoms with Crippen LogP contribution in [0.4, 0.5) is 0 Å². The van der Waals surface area contributed by atoms with E-state index in [9.17, 15) is 14.4 Å². The maximum atomic E-state index is 10.7. The second kappa shape index (κ2) is 8.64. The van der Waals surface area contributed by atoms with Gasteiger partial charge in [-0.2, -0.15) is 0 Å². The van der Waals surface area contributed by atoms with E-state index in [1.165, 1.54) is 0 Å². The summed E-state index contributed by atoms with van der Waals surface area (Å²) in [7, 11) is 0. The minimum absolute atomic E-state index is 0.127. The molecule has 0 spiro atoms. The summed E-state index contributed by atoms with van der Waals surface area (Å²) >= 11 is 0. The van der Waals surface area contributed by atoms with Crippen molar-refractivity contribution in [3.05, 3.63) is 0 Å². The Morgan fingerprint density at radius 3 is 1.05 bits per heavy atom. The molecule has 0 heterocycles. The van der Waals surface area contributed by atoms with Crippen molar-refractivity contribution < 1.29 is 29.7 Å². The topological polar surface area (TPSA) is 112 Å². The van der Waals surface area contributed by atoms with Gasteiger partial charge in [-0.05, 0) is 56.3 Å². The first-order valence-electron chi connectivity index (χ1n) is 7.52. The number of aliphatic carboxylic acids is 3. The van der Waals surface area contributed by atoms with Crippen molar-refractivity contribution in [2.24, 2.45) is 17.8 Å². The Morgan fingerprint density at radius 2 is 0.857 bits per heavy atom. The summed E-state index contributed by atoms with van der Waals surface area (Å²) in [5.41, 5.74) is 0. The van der Waals surface area contributed by atoms with Crippen molar-refractivity contribution in [1.82, 2.24) is 0 Å². The predicted octanol–water partition coefficient (Wildman–Crippen LogP) is 2.61. The smallest absolute Gasteiger partial charge is 0.303 e. The number of hydrogen-bond acceptors (Lipinski definition) is 3. The zero-order chi connectivity index (χ0) is 15.8. The van der Waals surface area contributed by atoms with Crippen molar-refractivity contribution in [1.29, 1.82) is 0 Å². The van der Waals surface area contributed by atoms with Gasteiger partial charge in [-0.15, -0.1) is 0 Å². The molecule has 0 aliphatic heterocycles. The summed E-state index contributed by atoms with van der Waals surface area (Å²) in [6.45, 7) is 0. The second-order valence-corrected chi connectivity index (χ2v) is 6.10. The van der Waals surface area contributed by atoms with E-state index in [-0.39, 0.29) is 37.0 Å². The molecular formula is C15H24O6. The van der Waals surface area contributed by atoms with Gasteiger partial charge in [0.2, 0.25) is 0 Å². The molecule has 0 bridgehead atoms. The number of carboxylic acids is 3. The summed E-state index contributed by atoms with van der Waals surface area (Å²) in [6, 6.07) is 0. The van der Waals surface area contributed by atoms with Crippen LogP contribution in [0.5, 0.6) is 0 Å². The number of carbonyl (C=O) groups is 3. The molecule has 1 saturated carbocycles. The van der Waals surface area contributed by atoms with Gasteiger partial charge in [0.05, 0.1) is 0 Å². The van der Waals surface area contributed by atoms with Gasteiger partial charge in [0.25, 0.3) is 0 Å². The molecular weight excluding hydrogens is 276 g/mol. The van der Waals surface area contributed by atoms with E-state index in [1.807, 2.05) is 0 Å². The fraction of sp³-hybridized carbons (Fsp3) is 0.800. The zero-order valence-corrected chi connectivity index (χ0v) is 12.2. The van der Waals surface area contributed by atoms with Crippen molar-refractivity contribution in [2.45, 2.75) is 57.8 Å². The van der Waals surface area contributed by atoms with Crippen LogP contribution in [0.3, 0.4) is 0 Å². The van der Waals surface area contributed by atoms with Gasteiger partial charge >= 0.3 is 17.9 Å². The highest BCUT2D eigenvalue weighted by molar-refractivity contribution is 5.67. The van der Waals surface area contributed by atoms with Crippen LogP contribution < -0.4 is 0 Å². The lowest BCUT2D eigenvalue weighted by Crippen LogP contribution is -2.24. The molecule has 120 valence electrons. The highest BCUT2D eigenvalue weighted by Gasteiger charge is 2.29. The van der Waals surface area contributed by atoms with E-state index in [0.717, 1.165) is 19.3 Å². The summed E-state index contributed by atoms with van der Waals surface area (Å²) in [5, 5.41) is 26.3. The normalized spacial score (nSPS) is 25.4. The van der Waals surface area contributed by atoms with Gasteiger partial charge in [-0.3, -0.25) is 14.4 Å². The van der Waals surface area contributed by atoms with E-state index in [4.69, 9.17) is 15.3 Å². The molecule has 1 aliphatic rings. The lowest BCUT2D eigenvalue weighted by Gasteiger charge is -2.34. The van der Waals surface area contributed by atoms with Crippen LogP contribution in [0, 0.1) is 17.8 Å². The highest BCUT2D eigenvalue weighted by atomic mass is 16.4. The van der Waals surface area contributed by atoms with E-state index >= 15 is 0 Å². The Balaban J connectivity index is 2.52. The molecule has 3 N–H and O–H groups in total. The van der Waals surface area contributed by atoms with Gasteiger partial charge in [0, 0.05) is 19.3 Å². The Labute approximate surface area is 124 Å². The van der Waals surface area contributed by atoms with Crippen LogP contribution in [0.25, 0.3) is 0 Å². The molecule has 0 radical (unpaired) electrons. The van der Waals surface area contributed by atoms with Crippen molar-refractivity contribution in [3.63, 3.8) is 0 Å². The van der Waals surface area contributed by atoms with Crippen LogP contribution in [0.15, 0.2) is 0 Å². The van der Waals surface area contributed by atoms with Crippen molar-refractivity contribution in [3.8, 4) is 0 Å². The second-order valence-electron chi connectivity index (χ2n) is 6.10. The third kappa shape index (κ3) is 7.68. The SMILES string of the molecule is O=C(O)CCC1CC(CCC(=O)O)CC(CCC(=O)O)C1. The summed E-state index contributed by atoms with van der Waals surface area (Å²) < 4.78 is 0. The minimum Gasteiger partial charge on any atom is -0.481 e. The molecule has 0 saturated heterocycles. The van der Waals surface area contributed by atoms with E-state index in [0.29, 0.717) is 19.3 Å². The minimum atomic E-state index is -0.815. The fourth-order valence-corrected chi connectivity index (χ4v) is 3.39. The molecule has 1 fully saturated rings. The van der Waals surface area contributed by atoms with E-state index in [1.54, 1.807) is 0 Å². The standard InChI is InChI=1S/C15H24O6/c16-13(17)4-1-10-7-11(2-5-14(18)19)9-12(8-10)3-6-15(20)21/h10-12H,1-9H2,(H,16,17)(H,18,19)(H,20,21). The Kier molecular flexibility index (Phi) is 7.19. The van der Waals surface area contributed by atoms with Crippen molar-refractivity contribution >= 4 is 17.9 Å². The molecule has 0 aromatic rings. The summed E-state index contributed by atoms with van der Waals surface area (Å²) in [4.78, 5) is 32.0. The van der Waals surface area contributed by atoms with Crippen LogP contribution in [0.1, 0.15) is 57.8 Å². The first-order chi connectivity index (χ1) is 9.86. The maximum absolute atomic E-state index is 10.7. The quantitative estimate of drug-likeness (QED) is 0.603. The molecule has 0 amide bonds. The average Bonchev–Trinajstić information content (AvgIpc) is 2.40. The van der Waals surface area contributed by atoms with Gasteiger partial charge in [0.1, 0.15) is 0 Å². The average molecular weight is 300 g/mol. The Morgan fingerprint density at radius 1 is 0.619 bits per heavy atom. The first-order valence-corrected chi connectivity index (χ1v) is 7.52.